The number of rotatable bonds is 16. The van der Waals surface area contributed by atoms with Crippen molar-refractivity contribution in [1.29, 1.82) is 0 Å². The van der Waals surface area contributed by atoms with Crippen molar-refractivity contribution in [2.75, 3.05) is 76.3 Å². The van der Waals surface area contributed by atoms with Crippen LogP contribution in [0.25, 0.3) is 0 Å². The standard InChI is InChI=1S/C67H89FN10O9/c1-41-35-76(51(33-69-41)37-75-27-28-86-39-42(75)2)38-58(80)78-40-67(10,53-26-21-45(30-55(53)78)29-44-19-23-49(68)24-20-44)63(84)70-34-57(79)71-50-25-22-47-32-56(61(82)72-54-18-14-16-46-15-12-13-17-52(46)54)77(36-48(47)31-50)62(83)59(65(4,5)6)73-60(81)43(3)74(11)64(85)87-66(7,8)9/h12-13,15,17,19-26,30-31,41-43,51,54,56,59,69H,14,16,18,27-29,32-40H2,1-11H3,(H,70,84)(H,71,79)(H,72,82)(H,73,81)/t41?,42?,43?,51?,54-,56?,59?,67?/m1/s1. The number of fused-ring (bicyclic) bond motifs is 3. The predicted octanol–water partition coefficient (Wildman–Crippen LogP) is 6.39. The number of morpholine rings is 1. The van der Waals surface area contributed by atoms with Crippen molar-refractivity contribution >= 4 is 52.9 Å². The van der Waals surface area contributed by atoms with E-state index >= 15 is 4.79 Å². The van der Waals surface area contributed by atoms with Crippen LogP contribution in [0.5, 0.6) is 0 Å². The van der Waals surface area contributed by atoms with Crippen molar-refractivity contribution < 1.29 is 47.4 Å². The van der Waals surface area contributed by atoms with E-state index in [-0.39, 0.29) is 67.9 Å². The summed E-state index contributed by atoms with van der Waals surface area (Å²) in [5.74, 6) is -2.86. The Morgan fingerprint density at radius 2 is 1.63 bits per heavy atom. The normalized spacial score (nSPS) is 23.0. The maximum absolute atomic E-state index is 15.3. The van der Waals surface area contributed by atoms with Crippen LogP contribution in [0.4, 0.5) is 20.6 Å². The van der Waals surface area contributed by atoms with Gasteiger partial charge in [0, 0.05) is 82.2 Å². The van der Waals surface area contributed by atoms with Crippen LogP contribution in [0.2, 0.25) is 0 Å². The van der Waals surface area contributed by atoms with E-state index in [9.17, 15) is 33.2 Å². The van der Waals surface area contributed by atoms with Crippen LogP contribution >= 0.6 is 0 Å². The number of nitrogens with one attached hydrogen (secondary N) is 5. The van der Waals surface area contributed by atoms with Crippen LogP contribution in [0.3, 0.4) is 0 Å². The lowest BCUT2D eigenvalue weighted by Crippen LogP contribution is -2.62. The van der Waals surface area contributed by atoms with Crippen molar-refractivity contribution in [2.24, 2.45) is 5.41 Å². The number of carbonyl (C=O) groups is 7. The summed E-state index contributed by atoms with van der Waals surface area (Å²) in [6.45, 7) is 22.3. The van der Waals surface area contributed by atoms with Gasteiger partial charge in [-0.25, -0.2) is 9.18 Å². The third-order valence-corrected chi connectivity index (χ3v) is 17.9. The Balaban J connectivity index is 0.921. The maximum Gasteiger partial charge on any atom is 0.410 e. The lowest BCUT2D eigenvalue weighted by Gasteiger charge is -2.43. The van der Waals surface area contributed by atoms with Gasteiger partial charge in [0.2, 0.25) is 35.4 Å². The van der Waals surface area contributed by atoms with Gasteiger partial charge >= 0.3 is 6.09 Å². The number of benzene rings is 4. The van der Waals surface area contributed by atoms with E-state index in [0.717, 1.165) is 66.7 Å². The summed E-state index contributed by atoms with van der Waals surface area (Å²) in [6.07, 6.45) is 2.42. The van der Waals surface area contributed by atoms with Crippen LogP contribution < -0.4 is 31.5 Å². The van der Waals surface area contributed by atoms with Gasteiger partial charge in [-0.05, 0) is 149 Å². The lowest BCUT2D eigenvalue weighted by atomic mass is 9.83. The van der Waals surface area contributed by atoms with E-state index in [1.807, 2.05) is 63.2 Å². The van der Waals surface area contributed by atoms with Crippen LogP contribution in [-0.4, -0.2) is 169 Å². The van der Waals surface area contributed by atoms with Gasteiger partial charge in [-0.2, -0.15) is 0 Å². The van der Waals surface area contributed by atoms with E-state index in [1.165, 1.54) is 29.0 Å². The summed E-state index contributed by atoms with van der Waals surface area (Å²) < 4.78 is 25.2. The average molecular weight is 1200 g/mol. The molecule has 2 fully saturated rings. The molecule has 1 aliphatic carbocycles. The third kappa shape index (κ3) is 15.2. The zero-order valence-corrected chi connectivity index (χ0v) is 52.5. The van der Waals surface area contributed by atoms with Gasteiger partial charge in [0.15, 0.2) is 0 Å². The highest BCUT2D eigenvalue weighted by Crippen LogP contribution is 2.42. The molecule has 5 N–H and O–H groups in total. The minimum atomic E-state index is -1.25. The highest BCUT2D eigenvalue weighted by molar-refractivity contribution is 6.04. The summed E-state index contributed by atoms with van der Waals surface area (Å²) >= 11 is 0. The second-order valence-electron chi connectivity index (χ2n) is 26.9. The average Bonchev–Trinajstić information content (AvgIpc) is 1.80. The zero-order chi connectivity index (χ0) is 62.7. The fraction of sp³-hybridized carbons (Fsp3) is 0.537. The first-order valence-corrected chi connectivity index (χ1v) is 30.8. The zero-order valence-electron chi connectivity index (χ0n) is 52.5. The summed E-state index contributed by atoms with van der Waals surface area (Å²) in [4.78, 5) is 110. The molecule has 2 saturated heterocycles. The van der Waals surface area contributed by atoms with Crippen LogP contribution in [-0.2, 0) is 69.5 Å². The van der Waals surface area contributed by atoms with Crippen molar-refractivity contribution in [3.63, 3.8) is 0 Å². The number of piperazine rings is 1. The highest BCUT2D eigenvalue weighted by atomic mass is 19.1. The van der Waals surface area contributed by atoms with E-state index in [4.69, 9.17) is 9.47 Å². The SMILES string of the molecule is CC1CN(CC(=O)N2CC(C)(C(=O)NCC(=O)Nc3ccc4c(c3)CN(C(=O)C(NC(=O)C(C)N(C)C(=O)OC(C)(C)C)C(C)(C)C)C(C(=O)N[C@@H]3CCCc5ccccc53)C4)c3ccc(Cc4ccc(F)cc4)cc32)C(CN2CCOCC2C)CN1. The van der Waals surface area contributed by atoms with Crippen LogP contribution in [0.1, 0.15) is 127 Å². The topological polar surface area (TPSA) is 214 Å². The second-order valence-corrected chi connectivity index (χ2v) is 26.9. The number of hydrogen-bond acceptors (Lipinski definition) is 12. The lowest BCUT2D eigenvalue weighted by molar-refractivity contribution is -0.147. The number of ether oxygens (including phenoxy) is 2. The van der Waals surface area contributed by atoms with Gasteiger partial charge in [0.1, 0.15) is 29.5 Å². The summed E-state index contributed by atoms with van der Waals surface area (Å²) in [7, 11) is 1.46. The molecule has 9 rings (SSSR count). The first-order valence-electron chi connectivity index (χ1n) is 30.8. The quantitative estimate of drug-likeness (QED) is 0.0826. The molecule has 4 aromatic carbocycles. The molecule has 8 atom stereocenters. The molecule has 468 valence electrons. The molecule has 0 spiro atoms. The molecule has 4 aromatic rings. The first-order chi connectivity index (χ1) is 41.1. The number of carbonyl (C=O) groups excluding carboxylic acids is 7. The fourth-order valence-electron chi connectivity index (χ4n) is 12.7. The molecular formula is C67H89FN10O9. The van der Waals surface area contributed by atoms with Gasteiger partial charge in [0.25, 0.3) is 0 Å². The van der Waals surface area contributed by atoms with Crippen LogP contribution in [0, 0.1) is 11.2 Å². The molecular weight excluding hydrogens is 1110 g/mol. The van der Waals surface area contributed by atoms with Gasteiger partial charge in [0.05, 0.1) is 37.8 Å². The molecule has 4 heterocycles. The summed E-state index contributed by atoms with van der Waals surface area (Å²) in [5, 5.41) is 15.6. The number of likely N-dealkylation sites (N-methyl/N-ethyl adjacent to an activating group) is 1. The number of nitrogens with zero attached hydrogens (tertiary/aromatic N) is 5. The first kappa shape index (κ1) is 64.2. The molecule has 7 amide bonds. The maximum atomic E-state index is 15.3. The molecule has 4 aliphatic heterocycles. The number of hydrogen-bond donors (Lipinski definition) is 5. The Hall–Kier alpha value is -7.26. The van der Waals surface area contributed by atoms with Gasteiger partial charge in [-0.15, -0.1) is 0 Å². The van der Waals surface area contributed by atoms with Crippen molar-refractivity contribution in [3.8, 4) is 0 Å². The van der Waals surface area contributed by atoms with Crippen molar-refractivity contribution in [1.82, 2.24) is 40.9 Å². The summed E-state index contributed by atoms with van der Waals surface area (Å²) in [6, 6.07) is 22.5. The molecule has 0 bridgehead atoms. The molecule has 20 heteroatoms. The Kier molecular flexibility index (Phi) is 19.6. The predicted molar refractivity (Wildman–Crippen MR) is 331 cm³/mol. The van der Waals surface area contributed by atoms with E-state index in [1.54, 1.807) is 63.8 Å². The smallest absolute Gasteiger partial charge is 0.410 e. The minimum absolute atomic E-state index is 0.0379. The number of amides is 7. The molecule has 19 nitrogen and oxygen atoms in total. The third-order valence-electron chi connectivity index (χ3n) is 17.9. The van der Waals surface area contributed by atoms with E-state index < -0.39 is 70.8 Å². The molecule has 5 aliphatic rings. The number of anilines is 2. The Morgan fingerprint density at radius 3 is 2.36 bits per heavy atom. The Bertz CT molecular complexity index is 3220. The fourth-order valence-corrected chi connectivity index (χ4v) is 12.7. The summed E-state index contributed by atoms with van der Waals surface area (Å²) in [5.41, 5.74) is 4.17. The highest BCUT2D eigenvalue weighted by Gasteiger charge is 2.48. The second kappa shape index (κ2) is 26.6. The minimum Gasteiger partial charge on any atom is -0.444 e. The molecule has 87 heavy (non-hydrogen) atoms. The Morgan fingerprint density at radius 1 is 0.897 bits per heavy atom. The van der Waals surface area contributed by atoms with E-state index in [2.05, 4.69) is 56.3 Å². The number of aryl methyl sites for hydroxylation is 1. The van der Waals surface area contributed by atoms with Gasteiger partial charge in [-0.3, -0.25) is 43.5 Å². The van der Waals surface area contributed by atoms with Gasteiger partial charge in [-0.1, -0.05) is 75.4 Å². The number of halogens is 1. The van der Waals surface area contributed by atoms with Gasteiger partial charge < -0.3 is 45.9 Å². The molecule has 7 unspecified atom stereocenters. The molecule has 0 aromatic heterocycles. The molecule has 0 saturated carbocycles. The largest absolute Gasteiger partial charge is 0.444 e. The van der Waals surface area contributed by atoms with Crippen molar-refractivity contribution in [2.45, 2.75) is 161 Å². The van der Waals surface area contributed by atoms with Crippen LogP contribution in [0.15, 0.2) is 84.9 Å². The van der Waals surface area contributed by atoms with E-state index in [0.29, 0.717) is 48.7 Å². The monoisotopic (exact) mass is 1200 g/mol. The Labute approximate surface area is 511 Å². The molecule has 0 radical (unpaired) electrons. The van der Waals surface area contributed by atoms with Crippen molar-refractivity contribution in [3.05, 3.63) is 130 Å².